The van der Waals surface area contributed by atoms with E-state index in [4.69, 9.17) is 5.11 Å². The molecule has 1 aliphatic carbocycles. The van der Waals surface area contributed by atoms with E-state index >= 15 is 0 Å². The highest BCUT2D eigenvalue weighted by molar-refractivity contribution is 6.17. The Morgan fingerprint density at radius 2 is 1.50 bits per heavy atom. The average Bonchev–Trinajstić information content (AvgIpc) is 2.49. The zero-order valence-corrected chi connectivity index (χ0v) is 11.5. The third-order valence-corrected chi connectivity index (χ3v) is 2.74. The molecule has 0 aromatic heterocycles. The summed E-state index contributed by atoms with van der Waals surface area (Å²) in [4.78, 5) is 23.2. The van der Waals surface area contributed by atoms with Crippen molar-refractivity contribution in [3.05, 3.63) is 58.9 Å². The van der Waals surface area contributed by atoms with Crippen molar-refractivity contribution in [3.63, 3.8) is 0 Å². The lowest BCUT2D eigenvalue weighted by molar-refractivity contribution is -0.132. The van der Waals surface area contributed by atoms with Crippen LogP contribution in [0.25, 0.3) is 0 Å². The molecular formula is C16H17FO3. The number of carboxylic acid groups (broad SMARTS) is 1. The number of aliphatic carboxylic acids is 1. The molecule has 1 aliphatic rings. The first-order chi connectivity index (χ1) is 9.59. The maximum absolute atomic E-state index is 12.8. The van der Waals surface area contributed by atoms with Gasteiger partial charge in [-0.15, -0.1) is 0 Å². The van der Waals surface area contributed by atoms with Crippen molar-refractivity contribution in [2.75, 3.05) is 0 Å². The Labute approximate surface area is 117 Å². The number of carboxylic acids is 1. The van der Waals surface area contributed by atoms with Crippen LogP contribution in [0, 0.1) is 5.82 Å². The standard InChI is InChI=1S/C14H11FO3.C2H6/c15-10-7-5-9(6-8-10)13(16)11-3-1-2-4-12(11)14(17)18;1-2/h3-8H,1-2H2,(H,17,18);1-2H3. The van der Waals surface area contributed by atoms with Crippen LogP contribution in [-0.2, 0) is 4.79 Å². The van der Waals surface area contributed by atoms with Gasteiger partial charge < -0.3 is 5.11 Å². The summed E-state index contributed by atoms with van der Waals surface area (Å²) >= 11 is 0. The van der Waals surface area contributed by atoms with Crippen molar-refractivity contribution in [1.82, 2.24) is 0 Å². The van der Waals surface area contributed by atoms with Gasteiger partial charge in [0.05, 0.1) is 5.57 Å². The van der Waals surface area contributed by atoms with Crippen molar-refractivity contribution in [1.29, 1.82) is 0 Å². The van der Waals surface area contributed by atoms with Gasteiger partial charge in [0.2, 0.25) is 0 Å². The lowest BCUT2D eigenvalue weighted by atomic mass is 9.91. The molecular weight excluding hydrogens is 259 g/mol. The molecule has 0 atom stereocenters. The van der Waals surface area contributed by atoms with E-state index in [-0.39, 0.29) is 22.5 Å². The van der Waals surface area contributed by atoms with Gasteiger partial charge in [0.15, 0.2) is 5.78 Å². The van der Waals surface area contributed by atoms with Gasteiger partial charge in [0.25, 0.3) is 0 Å². The first-order valence-corrected chi connectivity index (χ1v) is 6.54. The summed E-state index contributed by atoms with van der Waals surface area (Å²) in [7, 11) is 0. The summed E-state index contributed by atoms with van der Waals surface area (Å²) in [6.45, 7) is 4.00. The molecule has 1 N–H and O–H groups in total. The Hall–Kier alpha value is -2.23. The quantitative estimate of drug-likeness (QED) is 0.855. The Bertz CT molecular complexity index is 554. The lowest BCUT2D eigenvalue weighted by Crippen LogP contribution is -2.14. The number of carbonyl (C=O) groups excluding carboxylic acids is 1. The SMILES string of the molecule is CC.O=C(O)C1=CCCC=C1C(=O)c1ccc(F)cc1. The Kier molecular flexibility index (Phi) is 5.84. The predicted molar refractivity (Wildman–Crippen MR) is 75.1 cm³/mol. The van der Waals surface area contributed by atoms with Crippen molar-refractivity contribution in [2.45, 2.75) is 26.7 Å². The first-order valence-electron chi connectivity index (χ1n) is 6.54. The average molecular weight is 276 g/mol. The second-order valence-electron chi connectivity index (χ2n) is 3.95. The summed E-state index contributed by atoms with van der Waals surface area (Å²) in [5, 5.41) is 9.03. The molecule has 4 heteroatoms. The van der Waals surface area contributed by atoms with Crippen LogP contribution in [-0.4, -0.2) is 16.9 Å². The molecule has 1 aromatic carbocycles. The van der Waals surface area contributed by atoms with Crippen LogP contribution in [0.15, 0.2) is 47.6 Å². The number of benzene rings is 1. The molecule has 0 amide bonds. The van der Waals surface area contributed by atoms with Crippen molar-refractivity contribution in [3.8, 4) is 0 Å². The Morgan fingerprint density at radius 3 is 2.00 bits per heavy atom. The van der Waals surface area contributed by atoms with Gasteiger partial charge in [-0.3, -0.25) is 4.79 Å². The third kappa shape index (κ3) is 3.63. The summed E-state index contributed by atoms with van der Waals surface area (Å²) in [5.41, 5.74) is 0.493. The van der Waals surface area contributed by atoms with Crippen LogP contribution in [0.1, 0.15) is 37.0 Å². The monoisotopic (exact) mass is 276 g/mol. The van der Waals surface area contributed by atoms with E-state index in [1.807, 2.05) is 13.8 Å². The highest BCUT2D eigenvalue weighted by Gasteiger charge is 2.22. The lowest BCUT2D eigenvalue weighted by Gasteiger charge is -2.11. The minimum Gasteiger partial charge on any atom is -0.478 e. The molecule has 0 saturated heterocycles. The van der Waals surface area contributed by atoms with Gasteiger partial charge in [0, 0.05) is 11.1 Å². The van der Waals surface area contributed by atoms with E-state index in [9.17, 15) is 14.0 Å². The topological polar surface area (TPSA) is 54.4 Å². The van der Waals surface area contributed by atoms with Crippen LogP contribution in [0.4, 0.5) is 4.39 Å². The normalized spacial score (nSPS) is 13.6. The van der Waals surface area contributed by atoms with E-state index in [2.05, 4.69) is 0 Å². The van der Waals surface area contributed by atoms with Gasteiger partial charge in [-0.2, -0.15) is 0 Å². The van der Waals surface area contributed by atoms with Gasteiger partial charge >= 0.3 is 5.97 Å². The smallest absolute Gasteiger partial charge is 0.336 e. The fraction of sp³-hybridized carbons (Fsp3) is 0.250. The molecule has 0 heterocycles. The van der Waals surface area contributed by atoms with Crippen LogP contribution in [0.3, 0.4) is 0 Å². The predicted octanol–water partition coefficient (Wildman–Crippen LogP) is 3.77. The Morgan fingerprint density at radius 1 is 1.00 bits per heavy atom. The molecule has 0 unspecified atom stereocenters. The van der Waals surface area contributed by atoms with E-state index in [1.54, 1.807) is 12.2 Å². The molecule has 106 valence electrons. The number of hydrogen-bond acceptors (Lipinski definition) is 2. The summed E-state index contributed by atoms with van der Waals surface area (Å²) in [6.07, 6.45) is 4.41. The number of carbonyl (C=O) groups is 2. The molecule has 1 aromatic rings. The second kappa shape index (κ2) is 7.38. The number of allylic oxidation sites excluding steroid dienone is 2. The molecule has 0 spiro atoms. The van der Waals surface area contributed by atoms with E-state index in [0.29, 0.717) is 12.8 Å². The van der Waals surface area contributed by atoms with Crippen LogP contribution in [0.5, 0.6) is 0 Å². The summed E-state index contributed by atoms with van der Waals surface area (Å²) in [6, 6.07) is 5.07. The van der Waals surface area contributed by atoms with E-state index in [0.717, 1.165) is 0 Å². The molecule has 0 fully saturated rings. The van der Waals surface area contributed by atoms with Gasteiger partial charge in [-0.1, -0.05) is 26.0 Å². The van der Waals surface area contributed by atoms with Crippen LogP contribution in [0.2, 0.25) is 0 Å². The van der Waals surface area contributed by atoms with Crippen LogP contribution < -0.4 is 0 Å². The summed E-state index contributed by atoms with van der Waals surface area (Å²) < 4.78 is 12.8. The molecule has 20 heavy (non-hydrogen) atoms. The number of rotatable bonds is 3. The Balaban J connectivity index is 0.000000956. The van der Waals surface area contributed by atoms with E-state index in [1.165, 1.54) is 24.3 Å². The minimum absolute atomic E-state index is 0.0237. The molecule has 3 nitrogen and oxygen atoms in total. The number of halogens is 1. The van der Waals surface area contributed by atoms with Gasteiger partial charge in [0.1, 0.15) is 5.82 Å². The highest BCUT2D eigenvalue weighted by Crippen LogP contribution is 2.23. The third-order valence-electron chi connectivity index (χ3n) is 2.74. The maximum Gasteiger partial charge on any atom is 0.336 e. The molecule has 0 saturated carbocycles. The molecule has 0 aliphatic heterocycles. The van der Waals surface area contributed by atoms with Crippen molar-refractivity contribution >= 4 is 11.8 Å². The van der Waals surface area contributed by atoms with E-state index < -0.39 is 11.8 Å². The molecule has 0 bridgehead atoms. The van der Waals surface area contributed by atoms with Gasteiger partial charge in [-0.05, 0) is 37.1 Å². The fourth-order valence-electron chi connectivity index (χ4n) is 1.85. The van der Waals surface area contributed by atoms with Crippen molar-refractivity contribution in [2.24, 2.45) is 0 Å². The van der Waals surface area contributed by atoms with Gasteiger partial charge in [-0.25, -0.2) is 9.18 Å². The van der Waals surface area contributed by atoms with Crippen molar-refractivity contribution < 1.29 is 19.1 Å². The number of Topliss-reactive ketones (excluding diaryl/α,β-unsaturated/α-hetero) is 1. The second-order valence-corrected chi connectivity index (χ2v) is 3.95. The minimum atomic E-state index is -1.11. The molecule has 0 radical (unpaired) electrons. The summed E-state index contributed by atoms with van der Waals surface area (Å²) in [5.74, 6) is -1.93. The highest BCUT2D eigenvalue weighted by atomic mass is 19.1. The van der Waals surface area contributed by atoms with Crippen LogP contribution >= 0.6 is 0 Å². The largest absolute Gasteiger partial charge is 0.478 e. The molecule has 2 rings (SSSR count). The number of hydrogen-bond donors (Lipinski definition) is 1. The number of ketones is 1. The first kappa shape index (κ1) is 15.8. The maximum atomic E-state index is 12.8. The fourth-order valence-corrected chi connectivity index (χ4v) is 1.85. The zero-order valence-electron chi connectivity index (χ0n) is 11.5. The zero-order chi connectivity index (χ0) is 15.1.